The molecular formula is C16H25N3O2. The van der Waals surface area contributed by atoms with Crippen LogP contribution in [0.2, 0.25) is 0 Å². The standard InChI is InChI=1S/C16H25N3O2/c1-11-7-8-12(2)13(9-11)17-15(21)19(6)10-14(20)18-16(3,4)5/h7-9H,10H2,1-6H3,(H,17,21)(H,18,20). The Morgan fingerprint density at radius 3 is 2.38 bits per heavy atom. The molecule has 1 rings (SSSR count). The molecule has 0 bridgehead atoms. The van der Waals surface area contributed by atoms with Crippen LogP contribution in [0.15, 0.2) is 18.2 Å². The van der Waals surface area contributed by atoms with Gasteiger partial charge in [-0.1, -0.05) is 12.1 Å². The van der Waals surface area contributed by atoms with Gasteiger partial charge in [0.05, 0.1) is 0 Å². The third kappa shape index (κ3) is 5.85. The monoisotopic (exact) mass is 291 g/mol. The number of urea groups is 1. The molecule has 0 saturated heterocycles. The third-order valence-electron chi connectivity index (χ3n) is 2.88. The summed E-state index contributed by atoms with van der Waals surface area (Å²) in [5.41, 5.74) is 2.52. The lowest BCUT2D eigenvalue weighted by atomic mass is 10.1. The molecule has 3 amide bonds. The van der Waals surface area contributed by atoms with Gasteiger partial charge in [-0.05, 0) is 51.8 Å². The minimum Gasteiger partial charge on any atom is -0.350 e. The van der Waals surface area contributed by atoms with Crippen LogP contribution in [-0.4, -0.2) is 36.0 Å². The summed E-state index contributed by atoms with van der Waals surface area (Å²) >= 11 is 0. The highest BCUT2D eigenvalue weighted by Gasteiger charge is 2.18. The molecule has 0 aliphatic carbocycles. The quantitative estimate of drug-likeness (QED) is 0.899. The Kier molecular flexibility index (Phi) is 5.35. The number of aryl methyl sites for hydroxylation is 2. The van der Waals surface area contributed by atoms with E-state index in [-0.39, 0.29) is 24.0 Å². The third-order valence-corrected chi connectivity index (χ3v) is 2.88. The van der Waals surface area contributed by atoms with Gasteiger partial charge < -0.3 is 15.5 Å². The molecule has 21 heavy (non-hydrogen) atoms. The van der Waals surface area contributed by atoms with Gasteiger partial charge in [-0.3, -0.25) is 4.79 Å². The number of amides is 3. The highest BCUT2D eigenvalue weighted by molar-refractivity contribution is 5.92. The van der Waals surface area contributed by atoms with Gasteiger partial charge in [0.2, 0.25) is 5.91 Å². The van der Waals surface area contributed by atoms with Gasteiger partial charge in [0.25, 0.3) is 0 Å². The Balaban J connectivity index is 2.63. The molecule has 0 radical (unpaired) electrons. The van der Waals surface area contributed by atoms with Gasteiger partial charge >= 0.3 is 6.03 Å². The van der Waals surface area contributed by atoms with Crippen molar-refractivity contribution in [1.29, 1.82) is 0 Å². The van der Waals surface area contributed by atoms with Crippen LogP contribution in [0.5, 0.6) is 0 Å². The summed E-state index contributed by atoms with van der Waals surface area (Å²) in [4.78, 5) is 25.3. The number of nitrogens with one attached hydrogen (secondary N) is 2. The van der Waals surface area contributed by atoms with Crippen LogP contribution < -0.4 is 10.6 Å². The first-order valence-electron chi connectivity index (χ1n) is 6.99. The van der Waals surface area contributed by atoms with E-state index in [1.54, 1.807) is 7.05 Å². The zero-order valence-corrected chi connectivity index (χ0v) is 13.7. The number of nitrogens with zero attached hydrogens (tertiary/aromatic N) is 1. The fourth-order valence-electron chi connectivity index (χ4n) is 1.83. The van der Waals surface area contributed by atoms with E-state index in [4.69, 9.17) is 0 Å². The summed E-state index contributed by atoms with van der Waals surface area (Å²) in [5, 5.41) is 5.65. The topological polar surface area (TPSA) is 61.4 Å². The largest absolute Gasteiger partial charge is 0.350 e. The summed E-state index contributed by atoms with van der Waals surface area (Å²) < 4.78 is 0. The molecule has 0 spiro atoms. The molecular weight excluding hydrogens is 266 g/mol. The molecule has 116 valence electrons. The van der Waals surface area contributed by atoms with E-state index in [2.05, 4.69) is 10.6 Å². The van der Waals surface area contributed by atoms with Crippen LogP contribution in [0.3, 0.4) is 0 Å². The predicted molar refractivity (Wildman–Crippen MR) is 85.5 cm³/mol. The molecule has 0 unspecified atom stereocenters. The minimum atomic E-state index is -0.304. The van der Waals surface area contributed by atoms with Crippen molar-refractivity contribution >= 4 is 17.6 Å². The highest BCUT2D eigenvalue weighted by Crippen LogP contribution is 2.16. The van der Waals surface area contributed by atoms with Crippen molar-refractivity contribution in [3.63, 3.8) is 0 Å². The molecule has 0 saturated carbocycles. The van der Waals surface area contributed by atoms with E-state index in [0.29, 0.717) is 0 Å². The molecule has 0 atom stereocenters. The van der Waals surface area contributed by atoms with Crippen molar-refractivity contribution in [2.24, 2.45) is 0 Å². The molecule has 0 aliphatic heterocycles. The van der Waals surface area contributed by atoms with Crippen LogP contribution in [0, 0.1) is 13.8 Å². The molecule has 1 aromatic carbocycles. The number of anilines is 1. The van der Waals surface area contributed by atoms with E-state index >= 15 is 0 Å². The summed E-state index contributed by atoms with van der Waals surface area (Å²) in [6.07, 6.45) is 0. The molecule has 5 nitrogen and oxygen atoms in total. The molecule has 2 N–H and O–H groups in total. The molecule has 1 aromatic rings. The number of rotatable bonds is 3. The van der Waals surface area contributed by atoms with Gasteiger partial charge in [0, 0.05) is 18.3 Å². The minimum absolute atomic E-state index is 0.0218. The summed E-state index contributed by atoms with van der Waals surface area (Å²) in [7, 11) is 1.60. The first kappa shape index (κ1) is 17.0. The number of carbonyl (C=O) groups is 2. The van der Waals surface area contributed by atoms with Gasteiger partial charge in [-0.25, -0.2) is 4.79 Å². The lowest BCUT2D eigenvalue weighted by Gasteiger charge is -2.23. The first-order valence-corrected chi connectivity index (χ1v) is 6.99. The zero-order valence-electron chi connectivity index (χ0n) is 13.7. The van der Waals surface area contributed by atoms with Crippen molar-refractivity contribution in [1.82, 2.24) is 10.2 Å². The van der Waals surface area contributed by atoms with Crippen molar-refractivity contribution in [3.8, 4) is 0 Å². The van der Waals surface area contributed by atoms with E-state index in [1.807, 2.05) is 52.8 Å². The SMILES string of the molecule is Cc1ccc(C)c(NC(=O)N(C)CC(=O)NC(C)(C)C)c1. The van der Waals surface area contributed by atoms with E-state index in [1.165, 1.54) is 4.90 Å². The second-order valence-electron chi connectivity index (χ2n) is 6.40. The average Bonchev–Trinajstić information content (AvgIpc) is 2.31. The summed E-state index contributed by atoms with van der Waals surface area (Å²) in [6, 6.07) is 5.56. The van der Waals surface area contributed by atoms with Crippen molar-refractivity contribution in [3.05, 3.63) is 29.3 Å². The van der Waals surface area contributed by atoms with Crippen LogP contribution in [-0.2, 0) is 4.79 Å². The summed E-state index contributed by atoms with van der Waals surface area (Å²) in [5.74, 6) is -0.180. The number of hydrogen-bond acceptors (Lipinski definition) is 2. The number of benzene rings is 1. The summed E-state index contributed by atoms with van der Waals surface area (Å²) in [6.45, 7) is 9.63. The van der Waals surface area contributed by atoms with E-state index in [0.717, 1.165) is 16.8 Å². The fourth-order valence-corrected chi connectivity index (χ4v) is 1.83. The van der Waals surface area contributed by atoms with Gasteiger partial charge in [-0.15, -0.1) is 0 Å². The van der Waals surface area contributed by atoms with E-state index in [9.17, 15) is 9.59 Å². The number of likely N-dealkylation sites (N-methyl/N-ethyl adjacent to an activating group) is 1. The number of carbonyl (C=O) groups excluding carboxylic acids is 2. The maximum absolute atomic E-state index is 12.1. The van der Waals surface area contributed by atoms with Crippen LogP contribution in [0.1, 0.15) is 31.9 Å². The number of hydrogen-bond donors (Lipinski definition) is 2. The Bertz CT molecular complexity index is 533. The Morgan fingerprint density at radius 1 is 1.19 bits per heavy atom. The van der Waals surface area contributed by atoms with Gasteiger partial charge in [0.1, 0.15) is 6.54 Å². The first-order chi connectivity index (χ1) is 9.58. The second-order valence-corrected chi connectivity index (χ2v) is 6.40. The van der Waals surface area contributed by atoms with Gasteiger partial charge in [0.15, 0.2) is 0 Å². The van der Waals surface area contributed by atoms with Crippen molar-refractivity contribution < 1.29 is 9.59 Å². The lowest BCUT2D eigenvalue weighted by molar-refractivity contribution is -0.122. The molecule has 0 fully saturated rings. The maximum Gasteiger partial charge on any atom is 0.322 e. The van der Waals surface area contributed by atoms with Crippen molar-refractivity contribution in [2.45, 2.75) is 40.2 Å². The lowest BCUT2D eigenvalue weighted by Crippen LogP contribution is -2.47. The molecule has 0 heterocycles. The van der Waals surface area contributed by atoms with Crippen molar-refractivity contribution in [2.75, 3.05) is 18.9 Å². The maximum atomic E-state index is 12.1. The highest BCUT2D eigenvalue weighted by atomic mass is 16.2. The molecule has 0 aliphatic rings. The van der Waals surface area contributed by atoms with Crippen LogP contribution in [0.25, 0.3) is 0 Å². The second kappa shape index (κ2) is 6.61. The Labute approximate surface area is 126 Å². The van der Waals surface area contributed by atoms with Crippen LogP contribution >= 0.6 is 0 Å². The predicted octanol–water partition coefficient (Wildman–Crippen LogP) is 2.68. The zero-order chi connectivity index (χ0) is 16.2. The van der Waals surface area contributed by atoms with Crippen LogP contribution in [0.4, 0.5) is 10.5 Å². The van der Waals surface area contributed by atoms with Gasteiger partial charge in [-0.2, -0.15) is 0 Å². The normalized spacial score (nSPS) is 11.0. The van der Waals surface area contributed by atoms with E-state index < -0.39 is 0 Å². The average molecular weight is 291 g/mol. The molecule has 5 heteroatoms. The Hall–Kier alpha value is -2.04. The Morgan fingerprint density at radius 2 is 1.81 bits per heavy atom. The fraction of sp³-hybridized carbons (Fsp3) is 0.500. The molecule has 0 aromatic heterocycles. The smallest absolute Gasteiger partial charge is 0.322 e.